The summed E-state index contributed by atoms with van der Waals surface area (Å²) in [6.07, 6.45) is 3.19. The van der Waals surface area contributed by atoms with E-state index in [1.807, 2.05) is 17.9 Å². The second-order valence-electron chi connectivity index (χ2n) is 8.75. The van der Waals surface area contributed by atoms with Crippen LogP contribution in [-0.4, -0.2) is 45.8 Å². The molecular formula is C23H23FN8O2. The lowest BCUT2D eigenvalue weighted by atomic mass is 10.0. The van der Waals surface area contributed by atoms with E-state index in [0.717, 1.165) is 31.7 Å². The Bertz CT molecular complexity index is 1420. The fourth-order valence-corrected chi connectivity index (χ4v) is 4.68. The number of nitrogens with zero attached hydrogens (tertiary/aromatic N) is 5. The highest BCUT2D eigenvalue weighted by molar-refractivity contribution is 5.73. The van der Waals surface area contributed by atoms with Crippen LogP contribution in [0.1, 0.15) is 5.56 Å². The van der Waals surface area contributed by atoms with Crippen LogP contribution in [-0.2, 0) is 0 Å². The molecule has 0 bridgehead atoms. The molecule has 3 N–H and O–H groups in total. The molecule has 2 saturated heterocycles. The SMILES string of the molecule is Cc1cnc(Nc2cnc(N3CC4CNCC4C3)c(F)c2)nc1Nn1c(=O)oc2ccccc21. The van der Waals surface area contributed by atoms with E-state index < -0.39 is 5.76 Å². The van der Waals surface area contributed by atoms with Gasteiger partial charge in [-0.15, -0.1) is 0 Å². The topological polar surface area (TPSA) is 113 Å². The van der Waals surface area contributed by atoms with E-state index in [-0.39, 0.29) is 11.8 Å². The highest BCUT2D eigenvalue weighted by Crippen LogP contribution is 2.31. The Morgan fingerprint density at radius 3 is 2.74 bits per heavy atom. The van der Waals surface area contributed by atoms with E-state index in [1.54, 1.807) is 30.6 Å². The number of rotatable bonds is 5. The second kappa shape index (κ2) is 8.10. The maximum atomic E-state index is 14.9. The summed E-state index contributed by atoms with van der Waals surface area (Å²) in [6.45, 7) is 5.39. The van der Waals surface area contributed by atoms with Crippen molar-refractivity contribution in [3.63, 3.8) is 0 Å². The van der Waals surface area contributed by atoms with Gasteiger partial charge in [-0.05, 0) is 30.9 Å². The van der Waals surface area contributed by atoms with Crippen LogP contribution in [0.3, 0.4) is 0 Å². The number of fused-ring (bicyclic) bond motifs is 2. The number of aromatic nitrogens is 4. The Morgan fingerprint density at radius 1 is 1.15 bits per heavy atom. The molecule has 10 nitrogen and oxygen atoms in total. The molecule has 2 fully saturated rings. The number of hydrogen-bond acceptors (Lipinski definition) is 9. The van der Waals surface area contributed by atoms with Gasteiger partial charge >= 0.3 is 5.76 Å². The molecule has 0 radical (unpaired) electrons. The van der Waals surface area contributed by atoms with Crippen LogP contribution in [0.2, 0.25) is 0 Å². The standard InChI is InChI=1S/C23H23FN8O2/c1-13-7-27-22(29-20(13)30-32-18-4-2-3-5-19(18)34-23(32)33)28-16-6-17(24)21(26-10-16)31-11-14-8-25-9-15(14)12-31/h2-7,10,14-15,25H,8-9,11-12H2,1H3,(H2,27,28,29,30). The maximum Gasteiger partial charge on any atom is 0.439 e. The van der Waals surface area contributed by atoms with Crippen molar-refractivity contribution in [2.24, 2.45) is 11.8 Å². The van der Waals surface area contributed by atoms with Gasteiger partial charge in [-0.1, -0.05) is 12.1 Å². The zero-order valence-corrected chi connectivity index (χ0v) is 18.5. The van der Waals surface area contributed by atoms with E-state index in [9.17, 15) is 9.18 Å². The van der Waals surface area contributed by atoms with E-state index in [4.69, 9.17) is 4.42 Å². The lowest BCUT2D eigenvalue weighted by Gasteiger charge is -2.19. The summed E-state index contributed by atoms with van der Waals surface area (Å²) >= 11 is 0. The predicted octanol–water partition coefficient (Wildman–Crippen LogP) is 2.50. The van der Waals surface area contributed by atoms with Crippen LogP contribution in [0.5, 0.6) is 0 Å². The molecule has 34 heavy (non-hydrogen) atoms. The van der Waals surface area contributed by atoms with Gasteiger partial charge in [0.25, 0.3) is 0 Å². The highest BCUT2D eigenvalue weighted by Gasteiger charge is 2.37. The van der Waals surface area contributed by atoms with Crippen LogP contribution in [0.15, 0.2) is 51.9 Å². The average Bonchev–Trinajstić information content (AvgIpc) is 3.50. The van der Waals surface area contributed by atoms with Crippen LogP contribution < -0.4 is 26.7 Å². The van der Waals surface area contributed by atoms with Crippen molar-refractivity contribution in [1.29, 1.82) is 0 Å². The first-order chi connectivity index (χ1) is 16.5. The number of anilines is 4. The molecule has 0 saturated carbocycles. The van der Waals surface area contributed by atoms with Crippen molar-refractivity contribution in [1.82, 2.24) is 24.9 Å². The highest BCUT2D eigenvalue weighted by atomic mass is 19.1. The molecule has 2 unspecified atom stereocenters. The molecule has 11 heteroatoms. The van der Waals surface area contributed by atoms with Crippen molar-refractivity contribution in [3.05, 3.63) is 64.7 Å². The second-order valence-corrected chi connectivity index (χ2v) is 8.75. The largest absolute Gasteiger partial charge is 0.439 e. The van der Waals surface area contributed by atoms with Gasteiger partial charge in [-0.3, -0.25) is 5.43 Å². The molecule has 0 aliphatic carbocycles. The molecule has 2 atom stereocenters. The first kappa shape index (κ1) is 20.6. The van der Waals surface area contributed by atoms with E-state index in [2.05, 4.69) is 31.0 Å². The number of para-hydroxylation sites is 2. The summed E-state index contributed by atoms with van der Waals surface area (Å²) in [5, 5.41) is 6.38. The fraction of sp³-hybridized carbons (Fsp3) is 0.304. The molecule has 3 aromatic heterocycles. The third-order valence-corrected chi connectivity index (χ3v) is 6.44. The Kier molecular flexibility index (Phi) is 4.91. The minimum absolute atomic E-state index is 0.240. The van der Waals surface area contributed by atoms with Crippen molar-refractivity contribution in [2.75, 3.05) is 41.8 Å². The Balaban J connectivity index is 1.22. The molecule has 2 aliphatic heterocycles. The summed E-state index contributed by atoms with van der Waals surface area (Å²) in [4.78, 5) is 27.4. The molecular weight excluding hydrogens is 439 g/mol. The van der Waals surface area contributed by atoms with Gasteiger partial charge in [-0.25, -0.2) is 19.2 Å². The molecule has 4 aromatic rings. The number of oxazole rings is 1. The lowest BCUT2D eigenvalue weighted by Crippen LogP contribution is -2.27. The summed E-state index contributed by atoms with van der Waals surface area (Å²) in [7, 11) is 0. The monoisotopic (exact) mass is 462 g/mol. The molecule has 174 valence electrons. The van der Waals surface area contributed by atoms with Crippen molar-refractivity contribution < 1.29 is 8.81 Å². The van der Waals surface area contributed by atoms with Gasteiger partial charge in [0.2, 0.25) is 5.95 Å². The van der Waals surface area contributed by atoms with E-state index in [0.29, 0.717) is 40.3 Å². The molecule has 6 rings (SSSR count). The Labute approximate surface area is 193 Å². The number of benzene rings is 1. The lowest BCUT2D eigenvalue weighted by molar-refractivity contribution is 0.532. The first-order valence-electron chi connectivity index (χ1n) is 11.1. The summed E-state index contributed by atoms with van der Waals surface area (Å²) in [5.74, 6) is 1.17. The summed E-state index contributed by atoms with van der Waals surface area (Å²) < 4.78 is 21.4. The third-order valence-electron chi connectivity index (χ3n) is 6.44. The average molecular weight is 462 g/mol. The van der Waals surface area contributed by atoms with Crippen molar-refractivity contribution in [2.45, 2.75) is 6.92 Å². The predicted molar refractivity (Wildman–Crippen MR) is 126 cm³/mol. The summed E-state index contributed by atoms with van der Waals surface area (Å²) in [5.41, 5.74) is 5.19. The van der Waals surface area contributed by atoms with Crippen molar-refractivity contribution >= 4 is 34.4 Å². The molecule has 0 amide bonds. The van der Waals surface area contributed by atoms with Crippen molar-refractivity contribution in [3.8, 4) is 0 Å². The zero-order valence-electron chi connectivity index (χ0n) is 18.5. The zero-order chi connectivity index (χ0) is 23.2. The van der Waals surface area contributed by atoms with E-state index >= 15 is 0 Å². The van der Waals surface area contributed by atoms with Gasteiger partial charge in [0, 0.05) is 44.0 Å². The minimum atomic E-state index is -0.558. The van der Waals surface area contributed by atoms with Crippen LogP contribution in [0.25, 0.3) is 11.1 Å². The molecule has 1 aromatic carbocycles. The van der Waals surface area contributed by atoms with Gasteiger partial charge in [0.05, 0.1) is 11.9 Å². The number of pyridine rings is 1. The van der Waals surface area contributed by atoms with Crippen LogP contribution in [0, 0.1) is 24.6 Å². The van der Waals surface area contributed by atoms with Crippen LogP contribution >= 0.6 is 0 Å². The molecule has 2 aliphatic rings. The molecule has 5 heterocycles. The van der Waals surface area contributed by atoms with Gasteiger partial charge < -0.3 is 20.0 Å². The number of halogens is 1. The number of aryl methyl sites for hydroxylation is 1. The summed E-state index contributed by atoms with van der Waals surface area (Å²) in [6, 6.07) is 8.48. The van der Waals surface area contributed by atoms with E-state index in [1.165, 1.54) is 10.7 Å². The number of nitrogens with one attached hydrogen (secondary N) is 3. The Morgan fingerprint density at radius 2 is 1.94 bits per heavy atom. The van der Waals surface area contributed by atoms with Gasteiger partial charge in [0.15, 0.2) is 23.0 Å². The quantitative estimate of drug-likeness (QED) is 0.412. The number of hydrogen-bond donors (Lipinski definition) is 3. The van der Waals surface area contributed by atoms with Crippen LogP contribution in [0.4, 0.5) is 27.7 Å². The molecule has 0 spiro atoms. The minimum Gasteiger partial charge on any atom is -0.406 e. The third kappa shape index (κ3) is 3.63. The maximum absolute atomic E-state index is 14.9. The van der Waals surface area contributed by atoms with Gasteiger partial charge in [-0.2, -0.15) is 9.66 Å². The smallest absolute Gasteiger partial charge is 0.406 e. The fourth-order valence-electron chi connectivity index (χ4n) is 4.68. The normalized spacial score (nSPS) is 19.5. The Hall–Kier alpha value is -3.99. The first-order valence-corrected chi connectivity index (χ1v) is 11.1. The van der Waals surface area contributed by atoms with Gasteiger partial charge in [0.1, 0.15) is 5.52 Å².